The molecule has 0 unspecified atom stereocenters. The van der Waals surface area contributed by atoms with Crippen LogP contribution in [0.4, 0.5) is 0 Å². The van der Waals surface area contributed by atoms with E-state index in [1.165, 1.54) is 74.9 Å². The Hall–Kier alpha value is -2.48. The van der Waals surface area contributed by atoms with Gasteiger partial charge in [0.05, 0.1) is 38.1 Å². The molecule has 4 fully saturated rings. The van der Waals surface area contributed by atoms with Gasteiger partial charge in [0.25, 0.3) is 0 Å². The highest BCUT2D eigenvalue weighted by Gasteiger charge is 2.38. The molecule has 8 nitrogen and oxygen atoms in total. The summed E-state index contributed by atoms with van der Waals surface area (Å²) >= 11 is 2.35. The number of carbonyl (C=O) groups is 3. The molecule has 1 heterocycles. The van der Waals surface area contributed by atoms with E-state index in [-0.39, 0.29) is 42.4 Å². The van der Waals surface area contributed by atoms with Gasteiger partial charge >= 0.3 is 17.9 Å². The first-order valence-electron chi connectivity index (χ1n) is 20.8. The smallest absolute Gasteiger partial charge is 0.350 e. The molecule has 1 aromatic carbocycles. The average Bonchev–Trinajstić information content (AvgIpc) is 3.59. The highest BCUT2D eigenvalue weighted by molar-refractivity contribution is 8.24. The molecule has 6 rings (SSSR count). The first kappa shape index (κ1) is 41.2. The summed E-state index contributed by atoms with van der Waals surface area (Å²) in [4.78, 5) is 41.8. The highest BCUT2D eigenvalue weighted by Crippen LogP contribution is 2.60. The normalized spacial score (nSPS) is 31.1. The molecule has 4 aliphatic carbocycles. The zero-order chi connectivity index (χ0) is 38.6. The Morgan fingerprint density at radius 3 is 1.65 bits per heavy atom. The van der Waals surface area contributed by atoms with E-state index in [0.29, 0.717) is 42.9 Å². The average molecular weight is 780 g/mol. The SMILES string of the molecule is Cc1cc(OC(=O)C2CCC(C3CCC(C)CC3)CC2)c2c(c1OC(=O)C1CCC(C3CCC(C)CC3)CC1)S/C(=C(\C#N)C(=O)OCCC(C)(C)O)S2. The Morgan fingerprint density at radius 1 is 0.741 bits per heavy atom. The third-order valence-corrected chi connectivity index (χ3v) is 15.9. The summed E-state index contributed by atoms with van der Waals surface area (Å²) in [6, 6.07) is 3.78. The quantitative estimate of drug-likeness (QED) is 0.106. The Kier molecular flexibility index (Phi) is 13.9. The first-order valence-corrected chi connectivity index (χ1v) is 22.4. The lowest BCUT2D eigenvalue weighted by Crippen LogP contribution is -2.30. The van der Waals surface area contributed by atoms with E-state index < -0.39 is 11.6 Å². The summed E-state index contributed by atoms with van der Waals surface area (Å²) in [5, 5.41) is 20.2. The number of hydrogen-bond donors (Lipinski definition) is 1. The van der Waals surface area contributed by atoms with Crippen molar-refractivity contribution in [2.75, 3.05) is 6.61 Å². The molecule has 0 atom stereocenters. The molecule has 1 aromatic rings. The summed E-state index contributed by atoms with van der Waals surface area (Å²) in [6.07, 6.45) is 18.1. The largest absolute Gasteiger partial charge is 0.461 e. The predicted molar refractivity (Wildman–Crippen MR) is 212 cm³/mol. The van der Waals surface area contributed by atoms with Crippen molar-refractivity contribution in [1.29, 1.82) is 5.26 Å². The third-order valence-electron chi connectivity index (χ3n) is 13.3. The van der Waals surface area contributed by atoms with Gasteiger partial charge in [0.1, 0.15) is 17.6 Å². The van der Waals surface area contributed by atoms with Gasteiger partial charge in [-0.3, -0.25) is 9.59 Å². The number of carbonyl (C=O) groups excluding carboxylic acids is 3. The molecule has 0 spiro atoms. The second-order valence-corrected chi connectivity index (χ2v) is 20.3. The van der Waals surface area contributed by atoms with Crippen molar-refractivity contribution in [1.82, 2.24) is 0 Å². The lowest BCUT2D eigenvalue weighted by atomic mass is 9.69. The number of aryl methyl sites for hydroxylation is 1. The summed E-state index contributed by atoms with van der Waals surface area (Å²) in [5.74, 6) is 3.64. The van der Waals surface area contributed by atoms with E-state index in [2.05, 4.69) is 13.8 Å². The summed E-state index contributed by atoms with van der Waals surface area (Å²) < 4.78 is 18.2. The molecule has 296 valence electrons. The Labute approximate surface area is 331 Å². The molecule has 0 radical (unpaired) electrons. The van der Waals surface area contributed by atoms with Crippen LogP contribution >= 0.6 is 23.5 Å². The zero-order valence-electron chi connectivity index (χ0n) is 33.1. The van der Waals surface area contributed by atoms with Gasteiger partial charge in [0, 0.05) is 6.42 Å². The number of benzene rings is 1. The van der Waals surface area contributed by atoms with E-state index in [0.717, 1.165) is 75.0 Å². The lowest BCUT2D eigenvalue weighted by Gasteiger charge is -2.36. The third kappa shape index (κ3) is 10.3. The Morgan fingerprint density at radius 2 is 1.19 bits per heavy atom. The van der Waals surface area contributed by atoms with Crippen molar-refractivity contribution < 1.29 is 33.7 Å². The van der Waals surface area contributed by atoms with Gasteiger partial charge in [0.2, 0.25) is 0 Å². The summed E-state index contributed by atoms with van der Waals surface area (Å²) in [5.41, 5.74) is -0.537. The van der Waals surface area contributed by atoms with E-state index in [1.54, 1.807) is 19.9 Å². The predicted octanol–water partition coefficient (Wildman–Crippen LogP) is 10.7. The van der Waals surface area contributed by atoms with Gasteiger partial charge in [-0.2, -0.15) is 5.26 Å². The second-order valence-electron chi connectivity index (χ2n) is 18.0. The number of thioether (sulfide) groups is 2. The number of ether oxygens (including phenoxy) is 3. The van der Waals surface area contributed by atoms with E-state index in [1.807, 2.05) is 13.0 Å². The fourth-order valence-electron chi connectivity index (χ4n) is 9.61. The van der Waals surface area contributed by atoms with Crippen molar-refractivity contribution in [3.63, 3.8) is 0 Å². The fourth-order valence-corrected chi connectivity index (χ4v) is 12.2. The van der Waals surface area contributed by atoms with E-state index in [9.17, 15) is 24.8 Å². The number of fused-ring (bicyclic) bond motifs is 1. The molecule has 0 saturated heterocycles. The second kappa shape index (κ2) is 18.2. The van der Waals surface area contributed by atoms with Crippen LogP contribution < -0.4 is 9.47 Å². The van der Waals surface area contributed by atoms with Crippen molar-refractivity contribution in [3.05, 3.63) is 21.4 Å². The standard InChI is InChI=1S/C44H61NO7S2/c1-26-6-10-29(11-7-26)31-14-18-33(19-15-31)40(46)51-36-24-28(3)37(52-41(47)34-20-16-32(17-21-34)30-12-8-27(2)9-13-30)39-38(36)53-43(54-39)35(25-45)42(48)50-23-22-44(4,5)49/h24,26-27,29-34,49H,6-23H2,1-5H3/b43-35+. The molecule has 5 aliphatic rings. The van der Waals surface area contributed by atoms with Gasteiger partial charge in [-0.05, 0) is 145 Å². The molecule has 54 heavy (non-hydrogen) atoms. The maximum Gasteiger partial charge on any atom is 0.350 e. The van der Waals surface area contributed by atoms with Crippen LogP contribution in [-0.4, -0.2) is 35.2 Å². The van der Waals surface area contributed by atoms with Crippen LogP contribution in [0.5, 0.6) is 11.5 Å². The topological polar surface area (TPSA) is 123 Å². The van der Waals surface area contributed by atoms with Crippen LogP contribution in [0.1, 0.15) is 142 Å². The minimum Gasteiger partial charge on any atom is -0.461 e. The van der Waals surface area contributed by atoms with Crippen LogP contribution in [0.25, 0.3) is 0 Å². The van der Waals surface area contributed by atoms with Crippen LogP contribution in [0.3, 0.4) is 0 Å². The molecule has 4 saturated carbocycles. The van der Waals surface area contributed by atoms with Crippen LogP contribution in [0.2, 0.25) is 0 Å². The van der Waals surface area contributed by atoms with Crippen molar-refractivity contribution in [3.8, 4) is 17.6 Å². The minimum absolute atomic E-state index is 0.0435. The molecular formula is C44H61NO7S2. The number of nitrogens with zero attached hydrogens (tertiary/aromatic N) is 1. The van der Waals surface area contributed by atoms with Crippen molar-refractivity contribution in [2.24, 2.45) is 47.3 Å². The van der Waals surface area contributed by atoms with Gasteiger partial charge in [0.15, 0.2) is 5.57 Å². The maximum atomic E-state index is 13.8. The first-order chi connectivity index (χ1) is 25.8. The van der Waals surface area contributed by atoms with Gasteiger partial charge in [-0.25, -0.2) is 4.79 Å². The minimum atomic E-state index is -1.02. The molecular weight excluding hydrogens is 719 g/mol. The van der Waals surface area contributed by atoms with Crippen molar-refractivity contribution in [2.45, 2.75) is 159 Å². The number of hydrogen-bond acceptors (Lipinski definition) is 10. The van der Waals surface area contributed by atoms with Crippen molar-refractivity contribution >= 4 is 41.4 Å². The molecule has 10 heteroatoms. The highest BCUT2D eigenvalue weighted by atomic mass is 32.2. The Balaban J connectivity index is 1.17. The number of esters is 3. The monoisotopic (exact) mass is 779 g/mol. The fraction of sp³-hybridized carbons (Fsp3) is 0.727. The van der Waals surface area contributed by atoms with Gasteiger partial charge in [-0.1, -0.05) is 63.1 Å². The summed E-state index contributed by atoms with van der Waals surface area (Å²) in [6.45, 7) is 9.76. The van der Waals surface area contributed by atoms with Gasteiger partial charge in [-0.15, -0.1) is 0 Å². The molecule has 0 bridgehead atoms. The van der Waals surface area contributed by atoms with Crippen LogP contribution in [-0.2, 0) is 19.1 Å². The molecule has 1 N–H and O–H groups in total. The molecule has 0 aromatic heterocycles. The van der Waals surface area contributed by atoms with Crippen LogP contribution in [0.15, 0.2) is 25.7 Å². The van der Waals surface area contributed by atoms with E-state index in [4.69, 9.17) is 14.2 Å². The Bertz CT molecular complexity index is 1590. The van der Waals surface area contributed by atoms with Gasteiger partial charge < -0.3 is 19.3 Å². The maximum absolute atomic E-state index is 13.8. The number of aliphatic hydroxyl groups is 1. The number of rotatable bonds is 10. The van der Waals surface area contributed by atoms with Crippen LogP contribution in [0, 0.1) is 65.6 Å². The zero-order valence-corrected chi connectivity index (χ0v) is 34.7. The molecule has 1 aliphatic heterocycles. The lowest BCUT2D eigenvalue weighted by molar-refractivity contribution is -0.142. The number of nitriles is 1. The van der Waals surface area contributed by atoms with E-state index >= 15 is 0 Å². The summed E-state index contributed by atoms with van der Waals surface area (Å²) in [7, 11) is 0. The molecule has 0 amide bonds.